The smallest absolute Gasteiger partial charge is 0.262 e. The number of hydrogen-bond acceptors (Lipinski definition) is 5. The highest BCUT2D eigenvalue weighted by Crippen LogP contribution is 2.23. The number of hydrogen-bond donors (Lipinski definition) is 2. The molecule has 0 saturated heterocycles. The van der Waals surface area contributed by atoms with Gasteiger partial charge in [0.15, 0.2) is 0 Å². The van der Waals surface area contributed by atoms with E-state index in [0.717, 1.165) is 0 Å². The zero-order valence-electron chi connectivity index (χ0n) is 11.8. The number of aromatic nitrogens is 1. The van der Waals surface area contributed by atoms with Gasteiger partial charge in [0.25, 0.3) is 10.0 Å². The van der Waals surface area contributed by atoms with Gasteiger partial charge in [-0.1, -0.05) is 6.07 Å². The molecular formula is C14H17N3O3S. The van der Waals surface area contributed by atoms with Gasteiger partial charge in [0, 0.05) is 11.8 Å². The molecule has 112 valence electrons. The van der Waals surface area contributed by atoms with Gasteiger partial charge >= 0.3 is 0 Å². The van der Waals surface area contributed by atoms with Gasteiger partial charge in [-0.05, 0) is 37.6 Å². The number of sulfonamides is 1. The fourth-order valence-corrected chi connectivity index (χ4v) is 3.13. The van der Waals surface area contributed by atoms with Crippen LogP contribution in [0.5, 0.6) is 5.88 Å². The third kappa shape index (κ3) is 3.43. The summed E-state index contributed by atoms with van der Waals surface area (Å²) >= 11 is 0. The highest BCUT2D eigenvalue weighted by atomic mass is 32.2. The van der Waals surface area contributed by atoms with E-state index in [1.807, 2.05) is 6.92 Å². The van der Waals surface area contributed by atoms with Crippen LogP contribution in [0.25, 0.3) is 0 Å². The fraction of sp³-hybridized carbons (Fsp3) is 0.214. The van der Waals surface area contributed by atoms with Crippen molar-refractivity contribution in [3.8, 4) is 5.88 Å². The first-order valence-corrected chi connectivity index (χ1v) is 7.89. The van der Waals surface area contributed by atoms with Crippen LogP contribution in [0.1, 0.15) is 12.5 Å². The quantitative estimate of drug-likeness (QED) is 0.826. The van der Waals surface area contributed by atoms with Crippen LogP contribution in [0.2, 0.25) is 0 Å². The predicted octanol–water partition coefficient (Wildman–Crippen LogP) is 2.17. The van der Waals surface area contributed by atoms with Crippen molar-refractivity contribution in [1.82, 2.24) is 4.98 Å². The van der Waals surface area contributed by atoms with Crippen molar-refractivity contribution in [1.29, 1.82) is 0 Å². The van der Waals surface area contributed by atoms with E-state index >= 15 is 0 Å². The first-order valence-electron chi connectivity index (χ1n) is 6.41. The maximum Gasteiger partial charge on any atom is 0.262 e. The third-order valence-corrected chi connectivity index (χ3v) is 4.42. The predicted molar refractivity (Wildman–Crippen MR) is 81.8 cm³/mol. The summed E-state index contributed by atoms with van der Waals surface area (Å²) in [6, 6.07) is 7.97. The molecule has 0 fully saturated rings. The number of nitrogens with zero attached hydrogens (tertiary/aromatic N) is 1. The molecule has 0 aliphatic rings. The van der Waals surface area contributed by atoms with Crippen molar-refractivity contribution in [2.45, 2.75) is 18.7 Å². The van der Waals surface area contributed by atoms with Gasteiger partial charge in [0.1, 0.15) is 0 Å². The second-order valence-corrected chi connectivity index (χ2v) is 6.04. The van der Waals surface area contributed by atoms with Gasteiger partial charge in [0.05, 0.1) is 23.4 Å². The van der Waals surface area contributed by atoms with Gasteiger partial charge in [-0.2, -0.15) is 0 Å². The van der Waals surface area contributed by atoms with E-state index in [0.29, 0.717) is 29.4 Å². The number of nitrogens with one attached hydrogen (secondary N) is 1. The van der Waals surface area contributed by atoms with Crippen LogP contribution in [0.4, 0.5) is 11.4 Å². The number of rotatable bonds is 5. The van der Waals surface area contributed by atoms with E-state index in [4.69, 9.17) is 10.5 Å². The van der Waals surface area contributed by atoms with E-state index in [2.05, 4.69) is 9.71 Å². The SMILES string of the molecule is CCOc1ccc(NS(=O)(=O)c2cccc(N)c2C)cn1. The second-order valence-electron chi connectivity index (χ2n) is 4.39. The summed E-state index contributed by atoms with van der Waals surface area (Å²) in [6.45, 7) is 4.02. The van der Waals surface area contributed by atoms with Crippen LogP contribution in [0.15, 0.2) is 41.4 Å². The Bertz CT molecular complexity index is 728. The van der Waals surface area contributed by atoms with Crippen molar-refractivity contribution < 1.29 is 13.2 Å². The Morgan fingerprint density at radius 2 is 2.05 bits per heavy atom. The number of ether oxygens (including phenoxy) is 1. The molecule has 7 heteroatoms. The molecule has 21 heavy (non-hydrogen) atoms. The molecule has 1 aromatic heterocycles. The Labute approximate surface area is 124 Å². The molecule has 2 rings (SSSR count). The van der Waals surface area contributed by atoms with Crippen LogP contribution in [0.3, 0.4) is 0 Å². The van der Waals surface area contributed by atoms with Crippen LogP contribution >= 0.6 is 0 Å². The summed E-state index contributed by atoms with van der Waals surface area (Å²) in [7, 11) is -3.70. The summed E-state index contributed by atoms with van der Waals surface area (Å²) < 4.78 is 32.4. The highest BCUT2D eigenvalue weighted by molar-refractivity contribution is 7.92. The number of nitrogen functional groups attached to an aromatic ring is 1. The lowest BCUT2D eigenvalue weighted by atomic mass is 10.2. The summed E-state index contributed by atoms with van der Waals surface area (Å²) in [5, 5.41) is 0. The van der Waals surface area contributed by atoms with Gasteiger partial charge < -0.3 is 10.5 Å². The van der Waals surface area contributed by atoms with E-state index in [9.17, 15) is 8.42 Å². The summed E-state index contributed by atoms with van der Waals surface area (Å²) in [6.07, 6.45) is 1.41. The molecule has 3 N–H and O–H groups in total. The molecule has 6 nitrogen and oxygen atoms in total. The topological polar surface area (TPSA) is 94.3 Å². The van der Waals surface area contributed by atoms with Crippen LogP contribution in [0, 0.1) is 6.92 Å². The van der Waals surface area contributed by atoms with Crippen LogP contribution in [-0.2, 0) is 10.0 Å². The molecule has 2 aromatic rings. The number of nitrogens with two attached hydrogens (primary N) is 1. The molecular weight excluding hydrogens is 290 g/mol. The summed E-state index contributed by atoms with van der Waals surface area (Å²) in [5.41, 5.74) is 7.05. The van der Waals surface area contributed by atoms with Crippen molar-refractivity contribution in [2.24, 2.45) is 0 Å². The minimum absolute atomic E-state index is 0.149. The lowest BCUT2D eigenvalue weighted by Crippen LogP contribution is -2.15. The van der Waals surface area contributed by atoms with E-state index in [-0.39, 0.29) is 4.90 Å². The third-order valence-electron chi connectivity index (χ3n) is 2.90. The van der Waals surface area contributed by atoms with Gasteiger partial charge in [-0.3, -0.25) is 4.72 Å². The summed E-state index contributed by atoms with van der Waals surface area (Å²) in [4.78, 5) is 4.16. The lowest BCUT2D eigenvalue weighted by molar-refractivity contribution is 0.327. The normalized spacial score (nSPS) is 11.1. The van der Waals surface area contributed by atoms with Gasteiger partial charge in [-0.15, -0.1) is 0 Å². The van der Waals surface area contributed by atoms with Crippen LogP contribution in [-0.4, -0.2) is 20.0 Å². The van der Waals surface area contributed by atoms with E-state index in [1.54, 1.807) is 31.2 Å². The molecule has 1 heterocycles. The molecule has 1 aromatic carbocycles. The molecule has 0 aliphatic heterocycles. The molecule has 0 unspecified atom stereocenters. The van der Waals surface area contributed by atoms with Crippen molar-refractivity contribution in [2.75, 3.05) is 17.1 Å². The van der Waals surface area contributed by atoms with Crippen molar-refractivity contribution in [3.63, 3.8) is 0 Å². The zero-order valence-corrected chi connectivity index (χ0v) is 12.6. The minimum atomic E-state index is -3.70. The number of anilines is 2. The molecule has 0 bridgehead atoms. The van der Waals surface area contributed by atoms with Gasteiger partial charge in [-0.25, -0.2) is 13.4 Å². The number of benzene rings is 1. The molecule has 0 spiro atoms. The molecule has 0 aliphatic carbocycles. The highest BCUT2D eigenvalue weighted by Gasteiger charge is 2.18. The summed E-state index contributed by atoms with van der Waals surface area (Å²) in [5.74, 6) is 0.445. The fourth-order valence-electron chi connectivity index (χ4n) is 1.81. The Morgan fingerprint density at radius 3 is 2.67 bits per heavy atom. The van der Waals surface area contributed by atoms with Crippen LogP contribution < -0.4 is 15.2 Å². The van der Waals surface area contributed by atoms with E-state index < -0.39 is 10.0 Å². The molecule has 0 radical (unpaired) electrons. The molecule has 0 atom stereocenters. The maximum atomic E-state index is 12.4. The average molecular weight is 307 g/mol. The first kappa shape index (κ1) is 15.1. The lowest BCUT2D eigenvalue weighted by Gasteiger charge is -2.11. The molecule has 0 amide bonds. The number of pyridine rings is 1. The second kappa shape index (κ2) is 6.01. The maximum absolute atomic E-state index is 12.4. The van der Waals surface area contributed by atoms with E-state index in [1.165, 1.54) is 12.3 Å². The standard InChI is InChI=1S/C14H17N3O3S/c1-3-20-14-8-7-11(9-16-14)17-21(18,19)13-6-4-5-12(15)10(13)2/h4-9,17H,3,15H2,1-2H3. The minimum Gasteiger partial charge on any atom is -0.478 e. The van der Waals surface area contributed by atoms with Gasteiger partial charge in [0.2, 0.25) is 5.88 Å². The average Bonchev–Trinajstić information content (AvgIpc) is 2.44. The largest absolute Gasteiger partial charge is 0.478 e. The monoisotopic (exact) mass is 307 g/mol. The molecule has 0 saturated carbocycles. The van der Waals surface area contributed by atoms with Crippen molar-refractivity contribution in [3.05, 3.63) is 42.1 Å². The Balaban J connectivity index is 2.27. The Morgan fingerprint density at radius 1 is 1.29 bits per heavy atom. The zero-order chi connectivity index (χ0) is 15.5. The Kier molecular flexibility index (Phi) is 4.32. The van der Waals surface area contributed by atoms with Crippen molar-refractivity contribution >= 4 is 21.4 Å². The Hall–Kier alpha value is -2.28. The first-order chi connectivity index (χ1) is 9.94.